The fourth-order valence-electron chi connectivity index (χ4n) is 2.28. The second-order valence-electron chi connectivity index (χ2n) is 4.86. The predicted molar refractivity (Wildman–Crippen MR) is 81.6 cm³/mol. The van der Waals surface area contributed by atoms with E-state index in [1.807, 2.05) is 12.1 Å². The van der Waals surface area contributed by atoms with Crippen molar-refractivity contribution in [3.63, 3.8) is 0 Å². The third-order valence-corrected chi connectivity index (χ3v) is 4.26. The summed E-state index contributed by atoms with van der Waals surface area (Å²) in [6.45, 7) is 4.89. The molecule has 0 radical (unpaired) electrons. The monoisotopic (exact) mass is 316 g/mol. The van der Waals surface area contributed by atoms with Gasteiger partial charge < -0.3 is 10.9 Å². The number of hydrogen-bond acceptors (Lipinski definition) is 4. The van der Waals surface area contributed by atoms with E-state index in [0.29, 0.717) is 16.6 Å². The van der Waals surface area contributed by atoms with Gasteiger partial charge in [0.2, 0.25) is 0 Å². The van der Waals surface area contributed by atoms with E-state index in [0.717, 1.165) is 38.3 Å². The van der Waals surface area contributed by atoms with Crippen molar-refractivity contribution < 1.29 is 5.21 Å². The van der Waals surface area contributed by atoms with Crippen LogP contribution < -0.4 is 5.73 Å². The van der Waals surface area contributed by atoms with Crippen molar-refractivity contribution in [1.82, 2.24) is 9.80 Å². The van der Waals surface area contributed by atoms with Crippen molar-refractivity contribution in [3.8, 4) is 0 Å². The molecular formula is C13H18Cl2N4O. The van der Waals surface area contributed by atoms with Gasteiger partial charge in [-0.25, -0.2) is 0 Å². The van der Waals surface area contributed by atoms with Crippen molar-refractivity contribution in [2.24, 2.45) is 10.9 Å². The van der Waals surface area contributed by atoms with Crippen molar-refractivity contribution in [2.45, 2.75) is 6.54 Å². The van der Waals surface area contributed by atoms with Gasteiger partial charge in [-0.05, 0) is 11.6 Å². The van der Waals surface area contributed by atoms with Crippen LogP contribution in [0.15, 0.2) is 23.4 Å². The van der Waals surface area contributed by atoms with E-state index in [4.69, 9.17) is 34.1 Å². The summed E-state index contributed by atoms with van der Waals surface area (Å²) in [6, 6.07) is 5.71. The van der Waals surface area contributed by atoms with E-state index in [1.54, 1.807) is 6.07 Å². The predicted octanol–water partition coefficient (Wildman–Crippen LogP) is 1.86. The normalized spacial score (nSPS) is 18.4. The van der Waals surface area contributed by atoms with Gasteiger partial charge in [0.05, 0.1) is 16.6 Å². The van der Waals surface area contributed by atoms with E-state index < -0.39 is 0 Å². The highest BCUT2D eigenvalue weighted by molar-refractivity contribution is 6.42. The number of nitrogens with zero attached hydrogens (tertiary/aromatic N) is 3. The van der Waals surface area contributed by atoms with Gasteiger partial charge in [0.25, 0.3) is 0 Å². The zero-order valence-electron chi connectivity index (χ0n) is 11.1. The quantitative estimate of drug-likeness (QED) is 0.385. The van der Waals surface area contributed by atoms with E-state index in [-0.39, 0.29) is 5.84 Å². The minimum absolute atomic E-state index is 0.247. The number of nitrogens with two attached hydrogens (primary N) is 1. The molecule has 0 atom stereocenters. The highest BCUT2D eigenvalue weighted by Gasteiger charge is 2.18. The molecule has 0 spiro atoms. The number of oxime groups is 1. The Morgan fingerprint density at radius 1 is 1.20 bits per heavy atom. The summed E-state index contributed by atoms with van der Waals surface area (Å²) in [4.78, 5) is 4.48. The molecule has 0 aliphatic carbocycles. The summed E-state index contributed by atoms with van der Waals surface area (Å²) in [6.07, 6.45) is 0. The Bertz CT molecular complexity index is 487. The van der Waals surface area contributed by atoms with E-state index in [2.05, 4.69) is 15.0 Å². The highest BCUT2D eigenvalue weighted by Crippen LogP contribution is 2.26. The first-order valence-electron chi connectivity index (χ1n) is 6.44. The molecule has 3 N–H and O–H groups in total. The van der Waals surface area contributed by atoms with Gasteiger partial charge in [-0.3, -0.25) is 9.80 Å². The Hall–Kier alpha value is -1.01. The van der Waals surface area contributed by atoms with Gasteiger partial charge in [-0.1, -0.05) is 40.5 Å². The second-order valence-corrected chi connectivity index (χ2v) is 5.64. The summed E-state index contributed by atoms with van der Waals surface area (Å²) in [5.41, 5.74) is 6.56. The molecule has 1 heterocycles. The van der Waals surface area contributed by atoms with Crippen molar-refractivity contribution >= 4 is 29.0 Å². The Kier molecular flexibility index (Phi) is 5.48. The molecule has 0 saturated carbocycles. The van der Waals surface area contributed by atoms with E-state index in [1.165, 1.54) is 0 Å². The first-order chi connectivity index (χ1) is 9.60. The third kappa shape index (κ3) is 3.99. The summed E-state index contributed by atoms with van der Waals surface area (Å²) in [5, 5.41) is 12.8. The van der Waals surface area contributed by atoms with Crippen LogP contribution in [0.1, 0.15) is 5.56 Å². The number of rotatable bonds is 4. The maximum absolute atomic E-state index is 8.57. The van der Waals surface area contributed by atoms with Crippen LogP contribution in [0.5, 0.6) is 0 Å². The van der Waals surface area contributed by atoms with Crippen molar-refractivity contribution in [3.05, 3.63) is 33.8 Å². The molecule has 2 rings (SSSR count). The van der Waals surface area contributed by atoms with Gasteiger partial charge in [0, 0.05) is 32.7 Å². The van der Waals surface area contributed by atoms with Crippen molar-refractivity contribution in [2.75, 3.05) is 32.7 Å². The smallest absolute Gasteiger partial charge is 0.153 e. The van der Waals surface area contributed by atoms with Gasteiger partial charge in [0.1, 0.15) is 0 Å². The summed E-state index contributed by atoms with van der Waals surface area (Å²) in [7, 11) is 0. The van der Waals surface area contributed by atoms with Gasteiger partial charge in [-0.15, -0.1) is 0 Å². The number of piperazine rings is 1. The molecule has 1 fully saturated rings. The molecule has 1 saturated heterocycles. The summed E-state index contributed by atoms with van der Waals surface area (Å²) in [5.74, 6) is 0.247. The maximum Gasteiger partial charge on any atom is 0.153 e. The second kappa shape index (κ2) is 7.13. The molecule has 0 amide bonds. The molecule has 7 heteroatoms. The zero-order valence-corrected chi connectivity index (χ0v) is 12.6. The summed E-state index contributed by atoms with van der Waals surface area (Å²) < 4.78 is 0. The lowest BCUT2D eigenvalue weighted by Crippen LogP contribution is -2.48. The largest absolute Gasteiger partial charge is 0.409 e. The fourth-order valence-corrected chi connectivity index (χ4v) is 2.66. The summed E-state index contributed by atoms with van der Waals surface area (Å²) >= 11 is 12.2. The van der Waals surface area contributed by atoms with Crippen LogP contribution in [0.25, 0.3) is 0 Å². The lowest BCUT2D eigenvalue weighted by molar-refractivity contribution is 0.139. The highest BCUT2D eigenvalue weighted by atomic mass is 35.5. The van der Waals surface area contributed by atoms with Gasteiger partial charge >= 0.3 is 0 Å². The molecule has 0 aromatic heterocycles. The number of halogens is 2. The van der Waals surface area contributed by atoms with E-state index >= 15 is 0 Å². The maximum atomic E-state index is 8.57. The number of amidine groups is 1. The Morgan fingerprint density at radius 2 is 1.85 bits per heavy atom. The molecule has 1 aromatic carbocycles. The first-order valence-corrected chi connectivity index (χ1v) is 7.19. The fraction of sp³-hybridized carbons (Fsp3) is 0.462. The van der Waals surface area contributed by atoms with Crippen LogP contribution in [0.4, 0.5) is 0 Å². The molecule has 1 aliphatic heterocycles. The molecule has 1 aromatic rings. The standard InChI is InChI=1S/C13H18Cl2N4O/c14-11-3-1-2-10(13(11)15)8-18-4-6-19(7-5-18)9-12(16)17-20/h1-3,20H,4-9H2,(H2,16,17). The minimum Gasteiger partial charge on any atom is -0.409 e. The SMILES string of the molecule is N/C(CN1CCN(Cc2cccc(Cl)c2Cl)CC1)=N/O. The number of benzene rings is 1. The van der Waals surface area contributed by atoms with E-state index in [9.17, 15) is 0 Å². The average Bonchev–Trinajstić information content (AvgIpc) is 2.46. The molecule has 0 unspecified atom stereocenters. The van der Waals surface area contributed by atoms with Crippen LogP contribution in [-0.2, 0) is 6.54 Å². The average molecular weight is 317 g/mol. The number of hydrogen-bond donors (Lipinski definition) is 2. The molecule has 1 aliphatic rings. The van der Waals surface area contributed by atoms with Crippen molar-refractivity contribution in [1.29, 1.82) is 0 Å². The lowest BCUT2D eigenvalue weighted by Gasteiger charge is -2.34. The first kappa shape index (κ1) is 15.4. The molecule has 110 valence electrons. The molecule has 0 bridgehead atoms. The Morgan fingerprint density at radius 3 is 2.50 bits per heavy atom. The Labute approximate surface area is 128 Å². The molecule has 5 nitrogen and oxygen atoms in total. The topological polar surface area (TPSA) is 65.1 Å². The van der Waals surface area contributed by atoms with Crippen LogP contribution in [0, 0.1) is 0 Å². The van der Waals surface area contributed by atoms with Crippen LogP contribution in [0.3, 0.4) is 0 Å². The molecular weight excluding hydrogens is 299 g/mol. The zero-order chi connectivity index (χ0) is 14.5. The van der Waals surface area contributed by atoms with Gasteiger partial charge in [-0.2, -0.15) is 0 Å². The van der Waals surface area contributed by atoms with Gasteiger partial charge in [0.15, 0.2) is 5.84 Å². The van der Waals surface area contributed by atoms with Crippen LogP contribution in [-0.4, -0.2) is 53.6 Å². The lowest BCUT2D eigenvalue weighted by atomic mass is 10.2. The van der Waals surface area contributed by atoms with Crippen LogP contribution >= 0.6 is 23.2 Å². The third-order valence-electron chi connectivity index (χ3n) is 3.40. The Balaban J connectivity index is 1.87. The van der Waals surface area contributed by atoms with Crippen LogP contribution in [0.2, 0.25) is 10.0 Å². The molecule has 20 heavy (non-hydrogen) atoms. The minimum atomic E-state index is 0.247.